The third-order valence-electron chi connectivity index (χ3n) is 3.08. The van der Waals surface area contributed by atoms with Crippen molar-refractivity contribution >= 4 is 17.4 Å². The molecule has 0 bridgehead atoms. The molecular formula is C16H14ClFO. The van der Waals surface area contributed by atoms with Gasteiger partial charge in [-0.05, 0) is 50.1 Å². The van der Waals surface area contributed by atoms with Gasteiger partial charge in [0, 0.05) is 11.1 Å². The van der Waals surface area contributed by atoms with Crippen molar-refractivity contribution < 1.29 is 9.18 Å². The minimum absolute atomic E-state index is 0.205. The molecule has 0 amide bonds. The summed E-state index contributed by atoms with van der Waals surface area (Å²) in [6.07, 6.45) is 0. The van der Waals surface area contributed by atoms with E-state index in [0.717, 1.165) is 16.7 Å². The summed E-state index contributed by atoms with van der Waals surface area (Å²) in [5.41, 5.74) is 3.65. The van der Waals surface area contributed by atoms with Gasteiger partial charge in [0.15, 0.2) is 5.78 Å². The van der Waals surface area contributed by atoms with E-state index in [1.165, 1.54) is 18.2 Å². The van der Waals surface area contributed by atoms with Gasteiger partial charge in [-0.25, -0.2) is 4.39 Å². The number of rotatable bonds is 2. The summed E-state index contributed by atoms with van der Waals surface area (Å²) in [6, 6.07) is 7.71. The lowest BCUT2D eigenvalue weighted by atomic mass is 9.93. The van der Waals surface area contributed by atoms with Crippen LogP contribution >= 0.6 is 11.6 Å². The van der Waals surface area contributed by atoms with Gasteiger partial charge in [0.25, 0.3) is 0 Å². The summed E-state index contributed by atoms with van der Waals surface area (Å²) in [7, 11) is 0. The van der Waals surface area contributed by atoms with Crippen LogP contribution in [0, 0.1) is 26.6 Å². The number of benzene rings is 2. The highest BCUT2D eigenvalue weighted by molar-refractivity contribution is 6.35. The first-order chi connectivity index (χ1) is 8.90. The van der Waals surface area contributed by atoms with Crippen LogP contribution in [0.2, 0.25) is 5.02 Å². The van der Waals surface area contributed by atoms with Gasteiger partial charge in [0.05, 0.1) is 5.02 Å². The van der Waals surface area contributed by atoms with Crippen molar-refractivity contribution in [3.05, 3.63) is 69.0 Å². The van der Waals surface area contributed by atoms with Crippen LogP contribution < -0.4 is 0 Å². The number of hydrogen-bond donors (Lipinski definition) is 0. The van der Waals surface area contributed by atoms with Crippen LogP contribution in [0.1, 0.15) is 32.6 Å². The Kier molecular flexibility index (Phi) is 3.72. The normalized spacial score (nSPS) is 10.6. The van der Waals surface area contributed by atoms with Crippen LogP contribution in [0.15, 0.2) is 30.3 Å². The van der Waals surface area contributed by atoms with E-state index in [1.54, 1.807) is 0 Å². The highest BCUT2D eigenvalue weighted by Gasteiger charge is 2.18. The highest BCUT2D eigenvalue weighted by atomic mass is 35.5. The summed E-state index contributed by atoms with van der Waals surface area (Å²) in [6.45, 7) is 5.73. The average Bonchev–Trinajstić information content (AvgIpc) is 2.30. The molecule has 19 heavy (non-hydrogen) atoms. The smallest absolute Gasteiger partial charge is 0.195 e. The molecule has 0 heterocycles. The molecule has 2 rings (SSSR count). The van der Waals surface area contributed by atoms with E-state index in [-0.39, 0.29) is 16.4 Å². The largest absolute Gasteiger partial charge is 0.289 e. The third-order valence-corrected chi connectivity index (χ3v) is 3.41. The molecule has 0 aliphatic rings. The fourth-order valence-electron chi connectivity index (χ4n) is 2.34. The second-order valence-electron chi connectivity index (χ2n) is 4.73. The minimum Gasteiger partial charge on any atom is -0.289 e. The topological polar surface area (TPSA) is 17.1 Å². The maximum Gasteiger partial charge on any atom is 0.195 e. The van der Waals surface area contributed by atoms with Crippen molar-refractivity contribution in [3.8, 4) is 0 Å². The van der Waals surface area contributed by atoms with Crippen LogP contribution in [0.4, 0.5) is 4.39 Å². The summed E-state index contributed by atoms with van der Waals surface area (Å²) in [5, 5.41) is 0.269. The lowest BCUT2D eigenvalue weighted by Gasteiger charge is -2.11. The number of aryl methyl sites for hydroxylation is 3. The molecule has 0 N–H and O–H groups in total. The van der Waals surface area contributed by atoms with Gasteiger partial charge in [-0.3, -0.25) is 4.79 Å². The van der Waals surface area contributed by atoms with E-state index >= 15 is 0 Å². The fraction of sp³-hybridized carbons (Fsp3) is 0.188. The van der Waals surface area contributed by atoms with Gasteiger partial charge in [0.1, 0.15) is 5.82 Å². The Bertz CT molecular complexity index is 639. The summed E-state index contributed by atoms with van der Waals surface area (Å²) >= 11 is 5.99. The van der Waals surface area contributed by atoms with E-state index in [1.807, 2.05) is 32.9 Å². The first-order valence-electron chi connectivity index (χ1n) is 5.97. The average molecular weight is 277 g/mol. The molecule has 2 aromatic carbocycles. The second kappa shape index (κ2) is 5.14. The SMILES string of the molecule is Cc1cc(C)c(C(=O)c2cc(F)ccc2Cl)c(C)c1. The minimum atomic E-state index is -0.463. The first-order valence-corrected chi connectivity index (χ1v) is 6.35. The van der Waals surface area contributed by atoms with E-state index < -0.39 is 5.82 Å². The molecule has 0 atom stereocenters. The van der Waals surface area contributed by atoms with Crippen LogP contribution in [0.5, 0.6) is 0 Å². The molecule has 1 nitrogen and oxygen atoms in total. The molecule has 98 valence electrons. The van der Waals surface area contributed by atoms with Gasteiger partial charge in [-0.15, -0.1) is 0 Å². The Morgan fingerprint density at radius 1 is 1.05 bits per heavy atom. The Hall–Kier alpha value is -1.67. The Balaban J connectivity index is 2.59. The molecule has 0 saturated carbocycles. The number of hydrogen-bond acceptors (Lipinski definition) is 1. The number of carbonyl (C=O) groups is 1. The summed E-state index contributed by atoms with van der Waals surface area (Å²) in [4.78, 5) is 12.5. The predicted octanol–water partition coefficient (Wildman–Crippen LogP) is 4.64. The molecule has 0 radical (unpaired) electrons. The Morgan fingerprint density at radius 2 is 1.63 bits per heavy atom. The standard InChI is InChI=1S/C16H14ClFO/c1-9-6-10(2)15(11(3)7-9)16(19)13-8-12(18)4-5-14(13)17/h4-8H,1-3H3. The van der Waals surface area contributed by atoms with Crippen molar-refractivity contribution in [2.45, 2.75) is 20.8 Å². The number of carbonyl (C=O) groups excluding carboxylic acids is 1. The monoisotopic (exact) mass is 276 g/mol. The van der Waals surface area contributed by atoms with Crippen LogP contribution in [0.25, 0.3) is 0 Å². The second-order valence-corrected chi connectivity index (χ2v) is 5.13. The third kappa shape index (κ3) is 2.69. The molecule has 0 aliphatic heterocycles. The highest BCUT2D eigenvalue weighted by Crippen LogP contribution is 2.25. The molecule has 0 unspecified atom stereocenters. The summed E-state index contributed by atoms with van der Waals surface area (Å²) < 4.78 is 13.3. The molecule has 0 spiro atoms. The zero-order valence-electron chi connectivity index (χ0n) is 11.1. The van der Waals surface area contributed by atoms with Crippen LogP contribution in [-0.4, -0.2) is 5.78 Å². The molecule has 3 heteroatoms. The molecule has 0 saturated heterocycles. The van der Waals surface area contributed by atoms with Crippen molar-refractivity contribution in [1.82, 2.24) is 0 Å². The zero-order valence-corrected chi connectivity index (χ0v) is 11.8. The predicted molar refractivity (Wildman–Crippen MR) is 75.5 cm³/mol. The molecule has 0 aromatic heterocycles. The lowest BCUT2D eigenvalue weighted by Crippen LogP contribution is -2.08. The van der Waals surface area contributed by atoms with E-state index in [0.29, 0.717) is 5.56 Å². The van der Waals surface area contributed by atoms with Crippen molar-refractivity contribution in [3.63, 3.8) is 0 Å². The van der Waals surface area contributed by atoms with Crippen LogP contribution in [-0.2, 0) is 0 Å². The van der Waals surface area contributed by atoms with Gasteiger partial charge in [-0.1, -0.05) is 29.3 Å². The number of halogens is 2. The van der Waals surface area contributed by atoms with Gasteiger partial charge in [0.2, 0.25) is 0 Å². The van der Waals surface area contributed by atoms with Gasteiger partial charge in [-0.2, -0.15) is 0 Å². The van der Waals surface area contributed by atoms with Gasteiger partial charge < -0.3 is 0 Å². The van der Waals surface area contributed by atoms with Crippen molar-refractivity contribution in [2.24, 2.45) is 0 Å². The lowest BCUT2D eigenvalue weighted by molar-refractivity contribution is 0.103. The van der Waals surface area contributed by atoms with E-state index in [2.05, 4.69) is 0 Å². The molecule has 2 aromatic rings. The Labute approximate surface area is 117 Å². The molecule has 0 fully saturated rings. The van der Waals surface area contributed by atoms with E-state index in [4.69, 9.17) is 11.6 Å². The summed E-state index contributed by atoms with van der Waals surface area (Å²) in [5.74, 6) is -0.699. The van der Waals surface area contributed by atoms with Crippen LogP contribution in [0.3, 0.4) is 0 Å². The molecular weight excluding hydrogens is 263 g/mol. The van der Waals surface area contributed by atoms with Crippen molar-refractivity contribution in [2.75, 3.05) is 0 Å². The maximum absolute atomic E-state index is 13.3. The first kappa shape index (κ1) is 13.8. The quantitative estimate of drug-likeness (QED) is 0.731. The van der Waals surface area contributed by atoms with Gasteiger partial charge >= 0.3 is 0 Å². The fourth-order valence-corrected chi connectivity index (χ4v) is 2.55. The van der Waals surface area contributed by atoms with Crippen molar-refractivity contribution in [1.29, 1.82) is 0 Å². The molecule has 0 aliphatic carbocycles. The Morgan fingerprint density at radius 3 is 2.21 bits per heavy atom. The zero-order chi connectivity index (χ0) is 14.2. The number of ketones is 1. The maximum atomic E-state index is 13.3. The van der Waals surface area contributed by atoms with E-state index in [9.17, 15) is 9.18 Å².